The van der Waals surface area contributed by atoms with E-state index in [9.17, 15) is 9.59 Å². The number of morpholine rings is 1. The largest absolute Gasteiger partial charge is 0.453 e. The zero-order chi connectivity index (χ0) is 24.1. The molecule has 1 saturated carbocycles. The third-order valence-corrected chi connectivity index (χ3v) is 6.25. The molecule has 3 heterocycles. The van der Waals surface area contributed by atoms with Crippen LogP contribution in [0.2, 0.25) is 0 Å². The van der Waals surface area contributed by atoms with Crippen molar-refractivity contribution in [2.24, 2.45) is 0 Å². The van der Waals surface area contributed by atoms with E-state index in [4.69, 9.17) is 9.84 Å². The van der Waals surface area contributed by atoms with Crippen LogP contribution < -0.4 is 10.6 Å². The van der Waals surface area contributed by atoms with Gasteiger partial charge >= 0.3 is 6.09 Å². The summed E-state index contributed by atoms with van der Waals surface area (Å²) in [6, 6.07) is 6.10. The van der Waals surface area contributed by atoms with Crippen LogP contribution in [0.25, 0.3) is 11.3 Å². The Hall–Kier alpha value is -2.98. The van der Waals surface area contributed by atoms with Crippen LogP contribution in [0.1, 0.15) is 43.6 Å². The molecule has 2 aromatic rings. The second-order valence-corrected chi connectivity index (χ2v) is 8.85. The summed E-state index contributed by atoms with van der Waals surface area (Å²) in [7, 11) is 1.35. The summed E-state index contributed by atoms with van der Waals surface area (Å²) in [6.45, 7) is 6.92. The van der Waals surface area contributed by atoms with E-state index in [1.807, 2.05) is 47.8 Å². The lowest BCUT2D eigenvalue weighted by Gasteiger charge is -2.33. The van der Waals surface area contributed by atoms with Crippen LogP contribution in [0, 0.1) is 6.92 Å². The molecule has 2 N–H and O–H groups in total. The minimum Gasteiger partial charge on any atom is -0.453 e. The first-order valence-corrected chi connectivity index (χ1v) is 11.9. The zero-order valence-corrected chi connectivity index (χ0v) is 20.1. The molecule has 34 heavy (non-hydrogen) atoms. The fraction of sp³-hybridized carbons (Fsp3) is 0.583. The number of nitrogens with one attached hydrogen (secondary N) is 2. The maximum atomic E-state index is 13.4. The van der Waals surface area contributed by atoms with Gasteiger partial charge in [-0.1, -0.05) is 0 Å². The van der Waals surface area contributed by atoms with Gasteiger partial charge in [-0.05, 0) is 51.3 Å². The highest BCUT2D eigenvalue weighted by Crippen LogP contribution is 2.36. The number of rotatable bonds is 9. The molecular formula is C24H34N6O4. The number of nitrogens with zero attached hydrogens (tertiary/aromatic N) is 4. The van der Waals surface area contributed by atoms with Gasteiger partial charge < -0.3 is 25.0 Å². The topological polar surface area (TPSA) is 111 Å². The average Bonchev–Trinajstić information content (AvgIpc) is 3.60. The van der Waals surface area contributed by atoms with Crippen molar-refractivity contribution >= 4 is 12.0 Å². The number of carbonyl (C=O) groups excluding carboxylic acids is 2. The molecule has 1 saturated heterocycles. The summed E-state index contributed by atoms with van der Waals surface area (Å²) >= 11 is 0. The summed E-state index contributed by atoms with van der Waals surface area (Å²) in [5.41, 5.74) is 3.67. The molecule has 0 unspecified atom stereocenters. The predicted octanol–water partition coefficient (Wildman–Crippen LogP) is 2.04. The molecule has 10 heteroatoms. The second kappa shape index (κ2) is 11.0. The van der Waals surface area contributed by atoms with Crippen LogP contribution in [0.4, 0.5) is 4.79 Å². The van der Waals surface area contributed by atoms with Crippen LogP contribution >= 0.6 is 0 Å². The van der Waals surface area contributed by atoms with Crippen molar-refractivity contribution in [2.45, 2.75) is 57.8 Å². The van der Waals surface area contributed by atoms with E-state index in [0.717, 1.165) is 42.0 Å². The number of aromatic nitrogens is 3. The molecule has 0 bridgehead atoms. The number of hydrogen-bond acceptors (Lipinski definition) is 7. The molecule has 1 aliphatic heterocycles. The molecule has 1 aliphatic carbocycles. The van der Waals surface area contributed by atoms with E-state index in [1.54, 1.807) is 0 Å². The maximum absolute atomic E-state index is 13.4. The van der Waals surface area contributed by atoms with E-state index >= 15 is 0 Å². The number of pyridine rings is 1. The molecule has 10 nitrogen and oxygen atoms in total. The van der Waals surface area contributed by atoms with Gasteiger partial charge in [0.25, 0.3) is 5.91 Å². The first-order valence-electron chi connectivity index (χ1n) is 11.9. The van der Waals surface area contributed by atoms with Gasteiger partial charge in [0, 0.05) is 49.7 Å². The van der Waals surface area contributed by atoms with E-state index in [0.29, 0.717) is 32.7 Å². The highest BCUT2D eigenvalue weighted by molar-refractivity contribution is 5.82. The molecule has 0 spiro atoms. The Morgan fingerprint density at radius 1 is 1.38 bits per heavy atom. The van der Waals surface area contributed by atoms with Crippen molar-refractivity contribution in [3.63, 3.8) is 0 Å². The summed E-state index contributed by atoms with van der Waals surface area (Å²) in [5.74, 6) is 0.0255. The Morgan fingerprint density at radius 2 is 2.21 bits per heavy atom. The number of methoxy groups -OCH3 is 1. The molecule has 0 radical (unpaired) electrons. The average molecular weight is 471 g/mol. The summed E-state index contributed by atoms with van der Waals surface area (Å²) in [5, 5.41) is 10.9. The maximum Gasteiger partial charge on any atom is 0.406 e. The van der Waals surface area contributed by atoms with Crippen molar-refractivity contribution in [1.82, 2.24) is 30.3 Å². The normalized spacial score (nSPS) is 18.9. The Balaban J connectivity index is 1.56. The molecule has 0 aromatic carbocycles. The highest BCUT2D eigenvalue weighted by Gasteiger charge is 2.40. The van der Waals surface area contributed by atoms with Crippen LogP contribution in [0.5, 0.6) is 0 Å². The third kappa shape index (κ3) is 5.74. The third-order valence-electron chi connectivity index (χ3n) is 6.25. The minimum absolute atomic E-state index is 0.0255. The van der Waals surface area contributed by atoms with E-state index in [2.05, 4.69) is 20.4 Å². The van der Waals surface area contributed by atoms with Crippen molar-refractivity contribution in [2.75, 3.05) is 33.4 Å². The number of carbonyl (C=O) groups is 2. The number of amides is 2. The van der Waals surface area contributed by atoms with Crippen LogP contribution in [-0.2, 0) is 20.8 Å². The van der Waals surface area contributed by atoms with E-state index < -0.39 is 12.2 Å². The number of alkyl carbamates (subject to hydrolysis) is 1. The Labute approximate surface area is 200 Å². The van der Waals surface area contributed by atoms with Gasteiger partial charge in [0.15, 0.2) is 0 Å². The van der Waals surface area contributed by atoms with Crippen LogP contribution in [0.15, 0.2) is 24.4 Å². The predicted molar refractivity (Wildman–Crippen MR) is 126 cm³/mol. The number of hydrogen-bond donors (Lipinski definition) is 2. The van der Waals surface area contributed by atoms with Gasteiger partial charge in [0.1, 0.15) is 6.10 Å². The lowest BCUT2D eigenvalue weighted by molar-refractivity contribution is -0.148. The summed E-state index contributed by atoms with van der Waals surface area (Å²) in [6.07, 6.45) is 3.63. The fourth-order valence-electron chi connectivity index (χ4n) is 4.23. The highest BCUT2D eigenvalue weighted by atomic mass is 16.5. The molecule has 4 rings (SSSR count). The van der Waals surface area contributed by atoms with Crippen molar-refractivity contribution in [3.05, 3.63) is 35.8 Å². The smallest absolute Gasteiger partial charge is 0.406 e. The quantitative estimate of drug-likeness (QED) is 0.540. The van der Waals surface area contributed by atoms with E-state index in [-0.39, 0.29) is 18.0 Å². The number of ether oxygens (including phenoxy) is 2. The molecule has 2 amide bonds. The van der Waals surface area contributed by atoms with Crippen molar-refractivity contribution < 1.29 is 19.1 Å². The van der Waals surface area contributed by atoms with Gasteiger partial charge in [-0.2, -0.15) is 5.10 Å². The minimum atomic E-state index is -0.455. The van der Waals surface area contributed by atoms with Crippen molar-refractivity contribution in [3.8, 4) is 11.3 Å². The van der Waals surface area contributed by atoms with Gasteiger partial charge in [-0.25, -0.2) is 4.79 Å². The Kier molecular flexibility index (Phi) is 7.79. The molecule has 184 valence electrons. The molecule has 2 aromatic heterocycles. The monoisotopic (exact) mass is 470 g/mol. The summed E-state index contributed by atoms with van der Waals surface area (Å²) in [4.78, 5) is 31.1. The molecule has 2 aliphatic rings. The van der Waals surface area contributed by atoms with Gasteiger partial charge in [-0.15, -0.1) is 0 Å². The lowest BCUT2D eigenvalue weighted by Crippen LogP contribution is -2.50. The first kappa shape index (κ1) is 24.2. The van der Waals surface area contributed by atoms with Gasteiger partial charge in [0.05, 0.1) is 31.1 Å². The Bertz CT molecular complexity index is 982. The van der Waals surface area contributed by atoms with Crippen LogP contribution in [0.3, 0.4) is 0 Å². The molecule has 2 atom stereocenters. The number of aryl methyl sites for hydroxylation is 2. The zero-order valence-electron chi connectivity index (χ0n) is 20.1. The second-order valence-electron chi connectivity index (χ2n) is 8.85. The van der Waals surface area contributed by atoms with Crippen LogP contribution in [-0.4, -0.2) is 77.2 Å². The molecule has 2 fully saturated rings. The fourth-order valence-corrected chi connectivity index (χ4v) is 4.23. The summed E-state index contributed by atoms with van der Waals surface area (Å²) < 4.78 is 12.3. The molecular weight excluding hydrogens is 436 g/mol. The lowest BCUT2D eigenvalue weighted by atomic mass is 10.1. The van der Waals surface area contributed by atoms with E-state index in [1.165, 1.54) is 7.11 Å². The first-order chi connectivity index (χ1) is 16.5. The van der Waals surface area contributed by atoms with Gasteiger partial charge in [0.2, 0.25) is 0 Å². The van der Waals surface area contributed by atoms with Crippen molar-refractivity contribution in [1.29, 1.82) is 0 Å². The van der Waals surface area contributed by atoms with Gasteiger partial charge in [-0.3, -0.25) is 14.5 Å². The Morgan fingerprint density at radius 3 is 2.85 bits per heavy atom. The standard InChI is InChI=1S/C24H34N6O4/c1-16-5-6-18(14-27-16)21-13-20(28-29(21)11-4-9-26-24(32)33-3)17(2)30(19-7-8-19)23(31)22-15-25-10-12-34-22/h5-6,13-14,17,19,22,25H,4,7-12,15H2,1-3H3,(H,26,32)/t17-,22-/m1/s1. The SMILES string of the molecule is COC(=O)NCCCn1nc([C@@H](C)N(C(=O)[C@H]2CNCCO2)C2CC2)cc1-c1ccc(C)nc1.